The minimum absolute atomic E-state index is 0.0597. The van der Waals surface area contributed by atoms with Gasteiger partial charge in [0, 0.05) is 12.6 Å². The molecule has 4 N–H and O–H groups in total. The lowest BCUT2D eigenvalue weighted by molar-refractivity contribution is -0.120. The summed E-state index contributed by atoms with van der Waals surface area (Å²) in [6.45, 7) is 4.16. The number of carbonyl (C=O) groups excluding carboxylic acids is 1. The maximum absolute atomic E-state index is 11.0. The highest BCUT2D eigenvalue weighted by atomic mass is 16.1. The molecule has 0 radical (unpaired) electrons. The Labute approximate surface area is 72.9 Å². The highest BCUT2D eigenvalue weighted by Crippen LogP contribution is 2.10. The summed E-state index contributed by atoms with van der Waals surface area (Å²) in [5.41, 5.74) is 5.20. The van der Waals surface area contributed by atoms with Crippen LogP contribution in [0.3, 0.4) is 0 Å². The second kappa shape index (κ2) is 4.42. The van der Waals surface area contributed by atoms with Crippen LogP contribution in [-0.2, 0) is 4.79 Å². The molecule has 0 aromatic heterocycles. The summed E-state index contributed by atoms with van der Waals surface area (Å²) < 4.78 is 0. The van der Waals surface area contributed by atoms with E-state index in [1.807, 2.05) is 0 Å². The molecule has 0 saturated carbocycles. The van der Waals surface area contributed by atoms with E-state index >= 15 is 0 Å². The largest absolute Gasteiger partial charge is 0.351 e. The van der Waals surface area contributed by atoms with E-state index in [0.29, 0.717) is 5.92 Å². The molecule has 1 saturated heterocycles. The third-order valence-corrected chi connectivity index (χ3v) is 2.36. The number of carbonyl (C=O) groups is 1. The smallest absolute Gasteiger partial charge is 0.234 e. The summed E-state index contributed by atoms with van der Waals surface area (Å²) in [7, 11) is 0. The molecule has 1 aliphatic heterocycles. The Hall–Kier alpha value is -0.610. The van der Waals surface area contributed by atoms with Crippen LogP contribution >= 0.6 is 0 Å². The Morgan fingerprint density at radius 3 is 3.08 bits per heavy atom. The van der Waals surface area contributed by atoms with Gasteiger partial charge in [0.2, 0.25) is 5.91 Å². The summed E-state index contributed by atoms with van der Waals surface area (Å²) in [4.78, 5) is 11.0. The van der Waals surface area contributed by atoms with Crippen LogP contribution in [0.2, 0.25) is 0 Å². The first-order chi connectivity index (χ1) is 5.74. The van der Waals surface area contributed by atoms with Gasteiger partial charge in [0.15, 0.2) is 0 Å². The van der Waals surface area contributed by atoms with Gasteiger partial charge in [0.25, 0.3) is 0 Å². The molecule has 1 heterocycles. The van der Waals surface area contributed by atoms with Crippen molar-refractivity contribution in [2.45, 2.75) is 19.4 Å². The van der Waals surface area contributed by atoms with Gasteiger partial charge in [0.05, 0.1) is 6.54 Å². The lowest BCUT2D eigenvalue weighted by Gasteiger charge is -2.30. The van der Waals surface area contributed by atoms with Crippen LogP contribution in [0.1, 0.15) is 13.3 Å². The minimum atomic E-state index is -0.0597. The average Bonchev–Trinajstić information content (AvgIpc) is 2.09. The molecule has 0 aromatic carbocycles. The summed E-state index contributed by atoms with van der Waals surface area (Å²) in [6.07, 6.45) is 1.12. The third kappa shape index (κ3) is 2.46. The highest BCUT2D eigenvalue weighted by Gasteiger charge is 2.21. The maximum atomic E-state index is 11.0. The van der Waals surface area contributed by atoms with Crippen LogP contribution in [-0.4, -0.2) is 31.6 Å². The Bertz CT molecular complexity index is 160. The van der Waals surface area contributed by atoms with Crippen LogP contribution in [0.15, 0.2) is 0 Å². The van der Waals surface area contributed by atoms with Gasteiger partial charge in [-0.05, 0) is 18.9 Å². The van der Waals surface area contributed by atoms with Gasteiger partial charge in [-0.1, -0.05) is 6.92 Å². The lowest BCUT2D eigenvalue weighted by Crippen LogP contribution is -2.51. The molecule has 1 fully saturated rings. The van der Waals surface area contributed by atoms with Gasteiger partial charge in [0.1, 0.15) is 0 Å². The first-order valence-corrected chi connectivity index (χ1v) is 4.44. The molecule has 4 nitrogen and oxygen atoms in total. The Morgan fingerprint density at radius 2 is 2.50 bits per heavy atom. The van der Waals surface area contributed by atoms with E-state index < -0.39 is 0 Å². The van der Waals surface area contributed by atoms with Crippen molar-refractivity contribution in [1.29, 1.82) is 0 Å². The number of hydrogen-bond acceptors (Lipinski definition) is 3. The molecule has 1 amide bonds. The minimum Gasteiger partial charge on any atom is -0.351 e. The Kier molecular flexibility index (Phi) is 3.49. The van der Waals surface area contributed by atoms with E-state index in [2.05, 4.69) is 17.6 Å². The molecular weight excluding hydrogens is 154 g/mol. The van der Waals surface area contributed by atoms with E-state index in [0.717, 1.165) is 19.5 Å². The fraction of sp³-hybridized carbons (Fsp3) is 0.875. The summed E-state index contributed by atoms with van der Waals surface area (Å²) in [5.74, 6) is 0.498. The quantitative estimate of drug-likeness (QED) is 0.502. The van der Waals surface area contributed by atoms with Crippen molar-refractivity contribution in [2.24, 2.45) is 11.7 Å². The Balaban J connectivity index is 2.33. The van der Waals surface area contributed by atoms with Crippen LogP contribution < -0.4 is 16.4 Å². The van der Waals surface area contributed by atoms with E-state index in [4.69, 9.17) is 5.73 Å². The zero-order valence-corrected chi connectivity index (χ0v) is 7.47. The highest BCUT2D eigenvalue weighted by molar-refractivity contribution is 5.78. The van der Waals surface area contributed by atoms with Gasteiger partial charge in [-0.2, -0.15) is 0 Å². The molecule has 0 aliphatic carbocycles. The molecule has 12 heavy (non-hydrogen) atoms. The number of rotatable bonds is 2. The van der Waals surface area contributed by atoms with Crippen molar-refractivity contribution in [2.75, 3.05) is 19.6 Å². The first kappa shape index (κ1) is 9.48. The average molecular weight is 171 g/mol. The monoisotopic (exact) mass is 171 g/mol. The fourth-order valence-electron chi connectivity index (χ4n) is 1.45. The van der Waals surface area contributed by atoms with Gasteiger partial charge in [-0.25, -0.2) is 0 Å². The van der Waals surface area contributed by atoms with Crippen LogP contribution in [0, 0.1) is 5.92 Å². The second-order valence-electron chi connectivity index (χ2n) is 3.35. The maximum Gasteiger partial charge on any atom is 0.234 e. The van der Waals surface area contributed by atoms with E-state index in [9.17, 15) is 4.79 Å². The zero-order valence-electron chi connectivity index (χ0n) is 7.47. The van der Waals surface area contributed by atoms with Crippen molar-refractivity contribution in [3.8, 4) is 0 Å². The van der Waals surface area contributed by atoms with Crippen LogP contribution in [0.5, 0.6) is 0 Å². The van der Waals surface area contributed by atoms with Gasteiger partial charge < -0.3 is 16.4 Å². The van der Waals surface area contributed by atoms with Crippen molar-refractivity contribution >= 4 is 5.91 Å². The third-order valence-electron chi connectivity index (χ3n) is 2.36. The molecule has 1 rings (SSSR count). The van der Waals surface area contributed by atoms with Crippen LogP contribution in [0.4, 0.5) is 0 Å². The zero-order chi connectivity index (χ0) is 8.97. The van der Waals surface area contributed by atoms with E-state index in [1.54, 1.807) is 0 Å². The number of nitrogens with one attached hydrogen (secondary N) is 2. The van der Waals surface area contributed by atoms with Gasteiger partial charge in [-0.15, -0.1) is 0 Å². The molecule has 0 spiro atoms. The second-order valence-corrected chi connectivity index (χ2v) is 3.35. The molecule has 70 valence electrons. The van der Waals surface area contributed by atoms with Crippen molar-refractivity contribution in [1.82, 2.24) is 10.6 Å². The summed E-state index contributed by atoms with van der Waals surface area (Å²) in [6, 6.07) is 0.259. The molecule has 2 unspecified atom stereocenters. The topological polar surface area (TPSA) is 67.1 Å². The van der Waals surface area contributed by atoms with Crippen LogP contribution in [0.25, 0.3) is 0 Å². The van der Waals surface area contributed by atoms with Crippen molar-refractivity contribution in [3.63, 3.8) is 0 Å². The number of hydrogen-bond donors (Lipinski definition) is 3. The number of nitrogens with two attached hydrogens (primary N) is 1. The number of amides is 1. The molecule has 1 aliphatic rings. The van der Waals surface area contributed by atoms with E-state index in [1.165, 1.54) is 0 Å². The van der Waals surface area contributed by atoms with Crippen molar-refractivity contribution < 1.29 is 4.79 Å². The molecule has 2 atom stereocenters. The summed E-state index contributed by atoms with van der Waals surface area (Å²) in [5, 5.41) is 6.13. The standard InChI is InChI=1S/C8H17N3O/c1-6-2-3-10-5-7(6)11-8(12)4-9/h6-7,10H,2-5,9H2,1H3,(H,11,12). The lowest BCUT2D eigenvalue weighted by atomic mass is 9.95. The van der Waals surface area contributed by atoms with Gasteiger partial charge in [-0.3, -0.25) is 4.79 Å². The molecule has 4 heteroatoms. The van der Waals surface area contributed by atoms with Gasteiger partial charge >= 0.3 is 0 Å². The Morgan fingerprint density at radius 1 is 1.75 bits per heavy atom. The fourth-order valence-corrected chi connectivity index (χ4v) is 1.45. The molecule has 0 bridgehead atoms. The van der Waals surface area contributed by atoms with E-state index in [-0.39, 0.29) is 18.5 Å². The number of piperidine rings is 1. The molecule has 0 aromatic rings. The normalized spacial score (nSPS) is 29.8. The van der Waals surface area contributed by atoms with Crippen molar-refractivity contribution in [3.05, 3.63) is 0 Å². The predicted octanol–water partition coefficient (Wildman–Crippen LogP) is -0.941. The summed E-state index contributed by atoms with van der Waals surface area (Å²) >= 11 is 0. The first-order valence-electron chi connectivity index (χ1n) is 4.44. The molecular formula is C8H17N3O. The SMILES string of the molecule is CC1CCNCC1NC(=O)CN. The predicted molar refractivity (Wildman–Crippen MR) is 47.6 cm³/mol.